The van der Waals surface area contributed by atoms with Gasteiger partial charge in [0.2, 0.25) is 5.91 Å². The Morgan fingerprint density at radius 2 is 2.36 bits per heavy atom. The van der Waals surface area contributed by atoms with Gasteiger partial charge in [0.05, 0.1) is 12.6 Å². The zero-order valence-corrected chi connectivity index (χ0v) is 13.4. The van der Waals surface area contributed by atoms with E-state index in [-0.39, 0.29) is 12.0 Å². The second kappa shape index (κ2) is 8.76. The second-order valence-electron chi connectivity index (χ2n) is 5.71. The van der Waals surface area contributed by atoms with Gasteiger partial charge in [-0.25, -0.2) is 0 Å². The number of carbonyl (C=O) groups excluding carboxylic acids is 1. The van der Waals surface area contributed by atoms with Gasteiger partial charge in [0.25, 0.3) is 0 Å². The summed E-state index contributed by atoms with van der Waals surface area (Å²) in [6, 6.07) is 7.81. The fourth-order valence-corrected chi connectivity index (χ4v) is 2.25. The Bertz CT molecular complexity index is 473. The number of hydrogen-bond acceptors (Lipinski definition) is 4. The Morgan fingerprint density at radius 3 is 3.09 bits per heavy atom. The molecule has 1 amide bonds. The lowest BCUT2D eigenvalue weighted by molar-refractivity contribution is -0.115. The number of hydrogen-bond donors (Lipinski definition) is 2. The van der Waals surface area contributed by atoms with E-state index in [1.54, 1.807) is 0 Å². The van der Waals surface area contributed by atoms with Crippen LogP contribution in [0, 0.1) is 0 Å². The third-order valence-electron chi connectivity index (χ3n) is 3.80. The largest absolute Gasteiger partial charge is 0.491 e. The summed E-state index contributed by atoms with van der Waals surface area (Å²) in [5, 5.41) is 6.05. The highest BCUT2D eigenvalue weighted by atomic mass is 16.5. The molecule has 0 saturated carbocycles. The van der Waals surface area contributed by atoms with Crippen molar-refractivity contribution in [2.45, 2.75) is 45.3 Å². The van der Waals surface area contributed by atoms with Crippen LogP contribution in [0.3, 0.4) is 0 Å². The second-order valence-corrected chi connectivity index (χ2v) is 5.71. The lowest BCUT2D eigenvalue weighted by Crippen LogP contribution is -2.33. The van der Waals surface area contributed by atoms with Crippen LogP contribution in [0.5, 0.6) is 5.75 Å². The number of ether oxygens (including phenoxy) is 2. The summed E-state index contributed by atoms with van der Waals surface area (Å²) < 4.78 is 11.3. The van der Waals surface area contributed by atoms with Crippen molar-refractivity contribution in [3.05, 3.63) is 24.3 Å². The summed E-state index contributed by atoms with van der Waals surface area (Å²) in [6.07, 6.45) is 3.35. The normalized spacial score (nSPS) is 18.9. The van der Waals surface area contributed by atoms with E-state index >= 15 is 0 Å². The molecule has 0 radical (unpaired) electrons. The molecule has 0 bridgehead atoms. The molecule has 1 heterocycles. The van der Waals surface area contributed by atoms with E-state index in [9.17, 15) is 4.79 Å². The quantitative estimate of drug-likeness (QED) is 0.775. The predicted octanol–water partition coefficient (Wildman–Crippen LogP) is 2.57. The van der Waals surface area contributed by atoms with Gasteiger partial charge >= 0.3 is 0 Å². The first-order valence-corrected chi connectivity index (χ1v) is 8.05. The van der Waals surface area contributed by atoms with E-state index < -0.39 is 0 Å². The molecule has 1 aromatic rings. The number of carbonyl (C=O) groups is 1. The third-order valence-corrected chi connectivity index (χ3v) is 3.80. The van der Waals surface area contributed by atoms with Crippen LogP contribution in [0.2, 0.25) is 0 Å². The topological polar surface area (TPSA) is 59.6 Å². The van der Waals surface area contributed by atoms with E-state index in [4.69, 9.17) is 9.47 Å². The van der Waals surface area contributed by atoms with Crippen LogP contribution in [0.25, 0.3) is 0 Å². The molecule has 22 heavy (non-hydrogen) atoms. The summed E-state index contributed by atoms with van der Waals surface area (Å²) in [6.45, 7) is 5.85. The standard InChI is InChI=1S/C17H26N2O3/c1-3-13(2)18-11-17(20)19-14-6-4-7-15(10-14)22-12-16-8-5-9-21-16/h4,6-7,10,13,16,18H,3,5,8-9,11-12H2,1-2H3,(H,19,20). The fourth-order valence-electron chi connectivity index (χ4n) is 2.25. The summed E-state index contributed by atoms with van der Waals surface area (Å²) >= 11 is 0. The molecule has 122 valence electrons. The highest BCUT2D eigenvalue weighted by molar-refractivity contribution is 5.92. The van der Waals surface area contributed by atoms with Gasteiger partial charge in [-0.3, -0.25) is 4.79 Å². The molecule has 0 aliphatic carbocycles. The van der Waals surface area contributed by atoms with Crippen LogP contribution < -0.4 is 15.4 Å². The Labute approximate surface area is 132 Å². The van der Waals surface area contributed by atoms with E-state index in [1.165, 1.54) is 0 Å². The number of benzene rings is 1. The van der Waals surface area contributed by atoms with Gasteiger partial charge in [0.15, 0.2) is 0 Å². The maximum atomic E-state index is 11.9. The zero-order chi connectivity index (χ0) is 15.8. The minimum absolute atomic E-state index is 0.0448. The molecule has 1 aliphatic rings. The minimum Gasteiger partial charge on any atom is -0.491 e. The summed E-state index contributed by atoms with van der Waals surface area (Å²) in [5.41, 5.74) is 0.751. The maximum absolute atomic E-state index is 11.9. The van der Waals surface area contributed by atoms with E-state index in [1.807, 2.05) is 24.3 Å². The molecule has 0 aromatic heterocycles. The summed E-state index contributed by atoms with van der Waals surface area (Å²) in [7, 11) is 0. The van der Waals surface area contributed by atoms with Crippen LogP contribution >= 0.6 is 0 Å². The molecule has 2 atom stereocenters. The van der Waals surface area contributed by atoms with E-state index in [2.05, 4.69) is 24.5 Å². The Hall–Kier alpha value is -1.59. The monoisotopic (exact) mass is 306 g/mol. The van der Waals surface area contributed by atoms with Crippen molar-refractivity contribution in [1.29, 1.82) is 0 Å². The van der Waals surface area contributed by atoms with Crippen LogP contribution in [-0.2, 0) is 9.53 Å². The van der Waals surface area contributed by atoms with Gasteiger partial charge in [-0.05, 0) is 38.3 Å². The highest BCUT2D eigenvalue weighted by Crippen LogP contribution is 2.19. The summed E-state index contributed by atoms with van der Waals surface area (Å²) in [5.74, 6) is 0.708. The Kier molecular flexibility index (Phi) is 6.68. The fraction of sp³-hybridized carbons (Fsp3) is 0.588. The predicted molar refractivity (Wildman–Crippen MR) is 87.3 cm³/mol. The van der Waals surface area contributed by atoms with Crippen molar-refractivity contribution >= 4 is 11.6 Å². The number of nitrogens with one attached hydrogen (secondary N) is 2. The molecule has 1 saturated heterocycles. The van der Waals surface area contributed by atoms with Gasteiger partial charge < -0.3 is 20.1 Å². The zero-order valence-electron chi connectivity index (χ0n) is 13.4. The molecule has 1 fully saturated rings. The molecular weight excluding hydrogens is 280 g/mol. The number of rotatable bonds is 8. The van der Waals surface area contributed by atoms with Gasteiger partial charge in [0.1, 0.15) is 12.4 Å². The van der Waals surface area contributed by atoms with E-state index in [0.29, 0.717) is 19.2 Å². The molecule has 2 rings (SSSR count). The van der Waals surface area contributed by atoms with Crippen molar-refractivity contribution in [2.24, 2.45) is 0 Å². The first kappa shape index (κ1) is 16.8. The maximum Gasteiger partial charge on any atom is 0.238 e. The van der Waals surface area contributed by atoms with Gasteiger partial charge in [-0.15, -0.1) is 0 Å². The van der Waals surface area contributed by atoms with Crippen molar-refractivity contribution in [1.82, 2.24) is 5.32 Å². The first-order chi connectivity index (χ1) is 10.7. The Balaban J connectivity index is 1.78. The van der Waals surface area contributed by atoms with Gasteiger partial charge in [-0.2, -0.15) is 0 Å². The van der Waals surface area contributed by atoms with Crippen molar-refractivity contribution in [3.63, 3.8) is 0 Å². The Morgan fingerprint density at radius 1 is 1.50 bits per heavy atom. The lowest BCUT2D eigenvalue weighted by Gasteiger charge is -2.13. The molecule has 0 spiro atoms. The average molecular weight is 306 g/mol. The SMILES string of the molecule is CCC(C)NCC(=O)Nc1cccc(OCC2CCCO2)c1. The summed E-state index contributed by atoms with van der Waals surface area (Å²) in [4.78, 5) is 11.9. The molecule has 5 heteroatoms. The number of anilines is 1. The molecule has 1 aromatic carbocycles. The third kappa shape index (κ3) is 5.66. The first-order valence-electron chi connectivity index (χ1n) is 8.05. The molecule has 5 nitrogen and oxygen atoms in total. The minimum atomic E-state index is -0.0448. The molecule has 2 N–H and O–H groups in total. The van der Waals surface area contributed by atoms with Crippen LogP contribution in [0.15, 0.2) is 24.3 Å². The van der Waals surface area contributed by atoms with E-state index in [0.717, 1.165) is 37.3 Å². The van der Waals surface area contributed by atoms with Crippen molar-refractivity contribution in [2.75, 3.05) is 25.1 Å². The van der Waals surface area contributed by atoms with Crippen molar-refractivity contribution < 1.29 is 14.3 Å². The lowest BCUT2D eigenvalue weighted by atomic mass is 10.2. The average Bonchev–Trinajstić information content (AvgIpc) is 3.04. The molecule has 2 unspecified atom stereocenters. The molecular formula is C17H26N2O3. The van der Waals surface area contributed by atoms with Crippen LogP contribution in [0.1, 0.15) is 33.1 Å². The smallest absolute Gasteiger partial charge is 0.238 e. The van der Waals surface area contributed by atoms with Gasteiger partial charge in [-0.1, -0.05) is 13.0 Å². The number of amides is 1. The van der Waals surface area contributed by atoms with Crippen molar-refractivity contribution in [3.8, 4) is 5.75 Å². The molecule has 1 aliphatic heterocycles. The van der Waals surface area contributed by atoms with Gasteiger partial charge in [0, 0.05) is 24.4 Å². The van der Waals surface area contributed by atoms with Crippen LogP contribution in [-0.4, -0.2) is 37.8 Å². The van der Waals surface area contributed by atoms with Crippen LogP contribution in [0.4, 0.5) is 5.69 Å². The highest BCUT2D eigenvalue weighted by Gasteiger charge is 2.16.